The van der Waals surface area contributed by atoms with E-state index in [4.69, 9.17) is 11.6 Å². The van der Waals surface area contributed by atoms with Crippen molar-refractivity contribution in [2.75, 3.05) is 25.0 Å². The molecule has 118 valence electrons. The minimum atomic E-state index is 0.526. The number of aromatic nitrogens is 1. The van der Waals surface area contributed by atoms with Crippen LogP contribution in [0.3, 0.4) is 0 Å². The quantitative estimate of drug-likeness (QED) is 0.834. The smallest absolute Gasteiger partial charge is 0.126 e. The highest BCUT2D eigenvalue weighted by molar-refractivity contribution is 6.31. The summed E-state index contributed by atoms with van der Waals surface area (Å²) in [6.07, 6.45) is 4.92. The third-order valence-electron chi connectivity index (χ3n) is 4.76. The van der Waals surface area contributed by atoms with Crippen molar-refractivity contribution < 1.29 is 0 Å². The van der Waals surface area contributed by atoms with Gasteiger partial charge in [-0.05, 0) is 49.9 Å². The van der Waals surface area contributed by atoms with Gasteiger partial charge >= 0.3 is 0 Å². The summed E-state index contributed by atoms with van der Waals surface area (Å²) in [7, 11) is 0. The molecular weight excluding hydrogens is 282 g/mol. The van der Waals surface area contributed by atoms with Crippen LogP contribution in [0, 0.1) is 5.41 Å². The highest BCUT2D eigenvalue weighted by atomic mass is 35.5. The van der Waals surface area contributed by atoms with E-state index in [1.807, 2.05) is 12.1 Å². The lowest BCUT2D eigenvalue weighted by Gasteiger charge is -2.38. The molecule has 0 saturated carbocycles. The Kier molecular flexibility index (Phi) is 5.88. The monoisotopic (exact) mass is 309 g/mol. The molecule has 1 saturated heterocycles. The second-order valence-electron chi connectivity index (χ2n) is 6.49. The Bertz CT molecular complexity index is 453. The maximum atomic E-state index is 6.32. The standard InChI is InChI=1S/C17H28ClN3/c1-4-10-19-16-7-6-14(18)15(20-16)13-21-11-8-17(3,5-2)9-12-21/h6-7H,4-5,8-13H2,1-3H3,(H,19,20). The summed E-state index contributed by atoms with van der Waals surface area (Å²) in [5.74, 6) is 0.937. The predicted octanol–water partition coefficient (Wildman–Crippen LogP) is 4.57. The highest BCUT2D eigenvalue weighted by Crippen LogP contribution is 2.34. The Hall–Kier alpha value is -0.800. The molecule has 0 spiro atoms. The summed E-state index contributed by atoms with van der Waals surface area (Å²) in [5, 5.41) is 4.11. The van der Waals surface area contributed by atoms with Gasteiger partial charge in [-0.25, -0.2) is 4.98 Å². The molecule has 21 heavy (non-hydrogen) atoms. The third-order valence-corrected chi connectivity index (χ3v) is 5.11. The van der Waals surface area contributed by atoms with Crippen LogP contribution in [0.5, 0.6) is 0 Å². The van der Waals surface area contributed by atoms with Crippen LogP contribution >= 0.6 is 11.6 Å². The van der Waals surface area contributed by atoms with Crippen molar-refractivity contribution in [1.82, 2.24) is 9.88 Å². The number of hydrogen-bond donors (Lipinski definition) is 1. The first kappa shape index (κ1) is 16.6. The van der Waals surface area contributed by atoms with Crippen LogP contribution in [0.15, 0.2) is 12.1 Å². The molecule has 2 heterocycles. The van der Waals surface area contributed by atoms with Crippen LogP contribution in [0.4, 0.5) is 5.82 Å². The first-order valence-corrected chi connectivity index (χ1v) is 8.56. The molecule has 1 aromatic rings. The minimum Gasteiger partial charge on any atom is -0.370 e. The largest absolute Gasteiger partial charge is 0.370 e. The van der Waals surface area contributed by atoms with E-state index in [0.29, 0.717) is 5.41 Å². The van der Waals surface area contributed by atoms with Crippen LogP contribution in [0.25, 0.3) is 0 Å². The van der Waals surface area contributed by atoms with Crippen LogP contribution in [-0.2, 0) is 6.54 Å². The number of halogens is 1. The third kappa shape index (κ3) is 4.58. The molecule has 0 bridgehead atoms. The zero-order valence-electron chi connectivity index (χ0n) is 13.6. The Morgan fingerprint density at radius 1 is 1.29 bits per heavy atom. The highest BCUT2D eigenvalue weighted by Gasteiger charge is 2.28. The summed E-state index contributed by atoms with van der Waals surface area (Å²) >= 11 is 6.32. The van der Waals surface area contributed by atoms with Gasteiger partial charge in [0, 0.05) is 13.1 Å². The molecule has 1 N–H and O–H groups in total. The van der Waals surface area contributed by atoms with Gasteiger partial charge in [-0.15, -0.1) is 0 Å². The lowest BCUT2D eigenvalue weighted by Crippen LogP contribution is -2.38. The van der Waals surface area contributed by atoms with E-state index in [0.717, 1.165) is 49.1 Å². The molecule has 0 radical (unpaired) electrons. The second-order valence-corrected chi connectivity index (χ2v) is 6.90. The number of rotatable bonds is 6. The van der Waals surface area contributed by atoms with Crippen LogP contribution in [0.2, 0.25) is 5.02 Å². The van der Waals surface area contributed by atoms with Crippen molar-refractivity contribution in [3.05, 3.63) is 22.8 Å². The van der Waals surface area contributed by atoms with Gasteiger partial charge in [0.05, 0.1) is 10.7 Å². The molecule has 0 unspecified atom stereocenters. The van der Waals surface area contributed by atoms with Gasteiger partial charge in [0.2, 0.25) is 0 Å². The van der Waals surface area contributed by atoms with Gasteiger partial charge in [0.15, 0.2) is 0 Å². The van der Waals surface area contributed by atoms with E-state index in [9.17, 15) is 0 Å². The van der Waals surface area contributed by atoms with Gasteiger partial charge in [-0.1, -0.05) is 38.8 Å². The predicted molar refractivity (Wildman–Crippen MR) is 90.9 cm³/mol. The molecule has 3 nitrogen and oxygen atoms in total. The fraction of sp³-hybridized carbons (Fsp3) is 0.706. The normalized spacial score (nSPS) is 18.7. The summed E-state index contributed by atoms with van der Waals surface area (Å²) in [6.45, 7) is 11.0. The Balaban J connectivity index is 1.96. The van der Waals surface area contributed by atoms with Crippen molar-refractivity contribution >= 4 is 17.4 Å². The van der Waals surface area contributed by atoms with Gasteiger partial charge in [-0.2, -0.15) is 0 Å². The number of nitrogens with one attached hydrogen (secondary N) is 1. The summed E-state index contributed by atoms with van der Waals surface area (Å²) < 4.78 is 0. The van der Waals surface area contributed by atoms with Crippen LogP contribution in [0.1, 0.15) is 52.1 Å². The van der Waals surface area contributed by atoms with E-state index in [2.05, 4.69) is 36.0 Å². The van der Waals surface area contributed by atoms with Crippen molar-refractivity contribution in [3.8, 4) is 0 Å². The molecule has 1 fully saturated rings. The molecular formula is C17H28ClN3. The average molecular weight is 310 g/mol. The molecule has 0 atom stereocenters. The minimum absolute atomic E-state index is 0.526. The molecule has 0 aromatic carbocycles. The molecule has 1 aliphatic rings. The van der Waals surface area contributed by atoms with E-state index in [-0.39, 0.29) is 0 Å². The number of anilines is 1. The van der Waals surface area contributed by atoms with Crippen LogP contribution < -0.4 is 5.32 Å². The van der Waals surface area contributed by atoms with E-state index >= 15 is 0 Å². The van der Waals surface area contributed by atoms with E-state index in [1.165, 1.54) is 19.3 Å². The summed E-state index contributed by atoms with van der Waals surface area (Å²) in [6, 6.07) is 3.92. The number of piperidine rings is 1. The topological polar surface area (TPSA) is 28.2 Å². The van der Waals surface area contributed by atoms with Gasteiger partial charge in [-0.3, -0.25) is 4.90 Å². The first-order chi connectivity index (χ1) is 10.1. The first-order valence-electron chi connectivity index (χ1n) is 8.18. The fourth-order valence-electron chi connectivity index (χ4n) is 2.76. The zero-order chi connectivity index (χ0) is 15.3. The van der Waals surface area contributed by atoms with Crippen molar-refractivity contribution in [1.29, 1.82) is 0 Å². The SMILES string of the molecule is CCCNc1ccc(Cl)c(CN2CCC(C)(CC)CC2)n1. The van der Waals surface area contributed by atoms with Gasteiger partial charge < -0.3 is 5.32 Å². The molecule has 1 aliphatic heterocycles. The van der Waals surface area contributed by atoms with E-state index < -0.39 is 0 Å². The molecule has 4 heteroatoms. The Labute approximate surface area is 134 Å². The Morgan fingerprint density at radius 2 is 2.00 bits per heavy atom. The second kappa shape index (κ2) is 7.46. The van der Waals surface area contributed by atoms with Crippen molar-refractivity contribution in [2.24, 2.45) is 5.41 Å². The number of nitrogens with zero attached hydrogens (tertiary/aromatic N) is 2. The molecule has 0 amide bonds. The molecule has 2 rings (SSSR count). The van der Waals surface area contributed by atoms with Crippen molar-refractivity contribution in [2.45, 2.75) is 53.0 Å². The number of pyridine rings is 1. The Morgan fingerprint density at radius 3 is 2.62 bits per heavy atom. The zero-order valence-corrected chi connectivity index (χ0v) is 14.3. The summed E-state index contributed by atoms with van der Waals surface area (Å²) in [4.78, 5) is 7.16. The number of likely N-dealkylation sites (tertiary alicyclic amines) is 1. The average Bonchev–Trinajstić information content (AvgIpc) is 2.50. The van der Waals surface area contributed by atoms with Crippen molar-refractivity contribution in [3.63, 3.8) is 0 Å². The maximum Gasteiger partial charge on any atom is 0.126 e. The van der Waals surface area contributed by atoms with Crippen LogP contribution in [-0.4, -0.2) is 29.5 Å². The van der Waals surface area contributed by atoms with Gasteiger partial charge in [0.25, 0.3) is 0 Å². The fourth-order valence-corrected chi connectivity index (χ4v) is 2.93. The molecule has 1 aromatic heterocycles. The maximum absolute atomic E-state index is 6.32. The number of hydrogen-bond acceptors (Lipinski definition) is 3. The lowest BCUT2D eigenvalue weighted by molar-refractivity contribution is 0.109. The summed E-state index contributed by atoms with van der Waals surface area (Å²) in [5.41, 5.74) is 1.52. The molecule has 0 aliphatic carbocycles. The van der Waals surface area contributed by atoms with Gasteiger partial charge in [0.1, 0.15) is 5.82 Å². The van der Waals surface area contributed by atoms with E-state index in [1.54, 1.807) is 0 Å². The lowest BCUT2D eigenvalue weighted by atomic mass is 9.78.